The lowest BCUT2D eigenvalue weighted by Crippen LogP contribution is -2.43. The fourth-order valence-corrected chi connectivity index (χ4v) is 4.15. The molecule has 3 heterocycles. The van der Waals surface area contributed by atoms with E-state index in [2.05, 4.69) is 54.5 Å². The minimum absolute atomic E-state index is 0.125. The Balaban J connectivity index is 1.95. The van der Waals surface area contributed by atoms with Crippen molar-refractivity contribution in [1.29, 1.82) is 0 Å². The Bertz CT molecular complexity index is 891. The van der Waals surface area contributed by atoms with Crippen molar-refractivity contribution >= 4 is 17.0 Å². The normalized spacial score (nSPS) is 16.9. The summed E-state index contributed by atoms with van der Waals surface area (Å²) in [6.07, 6.45) is 2.30. The van der Waals surface area contributed by atoms with Crippen LogP contribution < -0.4 is 10.5 Å². The van der Waals surface area contributed by atoms with Crippen LogP contribution in [0.4, 0.5) is 5.95 Å². The zero-order chi connectivity index (χ0) is 21.9. The second-order valence-corrected chi connectivity index (χ2v) is 9.60. The number of fused-ring (bicyclic) bond motifs is 1. The number of aromatic nitrogens is 4. The van der Waals surface area contributed by atoms with Gasteiger partial charge in [-0.1, -0.05) is 41.0 Å². The van der Waals surface area contributed by atoms with Crippen molar-refractivity contribution in [3.8, 4) is 0 Å². The number of morpholine rings is 1. The lowest BCUT2D eigenvalue weighted by molar-refractivity contribution is 0.0391. The van der Waals surface area contributed by atoms with Crippen LogP contribution >= 0.6 is 0 Å². The van der Waals surface area contributed by atoms with E-state index in [1.54, 1.807) is 4.68 Å². The van der Waals surface area contributed by atoms with Gasteiger partial charge >= 0.3 is 0 Å². The van der Waals surface area contributed by atoms with Crippen LogP contribution in [-0.2, 0) is 17.2 Å². The van der Waals surface area contributed by atoms with E-state index in [0.717, 1.165) is 64.5 Å². The van der Waals surface area contributed by atoms with E-state index in [0.29, 0.717) is 22.9 Å². The first-order valence-corrected chi connectivity index (χ1v) is 11.2. The molecule has 0 aromatic carbocycles. The number of nitrogens with one attached hydrogen (secondary N) is 1. The van der Waals surface area contributed by atoms with Crippen molar-refractivity contribution in [3.63, 3.8) is 0 Å². The number of hydrogen-bond acceptors (Lipinski definition) is 6. The maximum Gasteiger partial charge on any atom is 0.278 e. The van der Waals surface area contributed by atoms with Crippen LogP contribution in [0.25, 0.3) is 11.0 Å². The molecule has 1 atom stereocenters. The monoisotopic (exact) mass is 418 g/mol. The average molecular weight is 419 g/mol. The molecule has 0 aliphatic carbocycles. The molecule has 1 unspecified atom stereocenters. The Hall–Kier alpha value is -1.93. The molecule has 8 nitrogen and oxygen atoms in total. The summed E-state index contributed by atoms with van der Waals surface area (Å²) in [6, 6.07) is 0. The van der Waals surface area contributed by atoms with E-state index < -0.39 is 0 Å². The van der Waals surface area contributed by atoms with Gasteiger partial charge in [-0.15, -0.1) is 0 Å². The van der Waals surface area contributed by atoms with Crippen molar-refractivity contribution in [1.82, 2.24) is 24.6 Å². The van der Waals surface area contributed by atoms with Crippen LogP contribution in [0.3, 0.4) is 0 Å². The molecule has 0 radical (unpaired) electrons. The lowest BCUT2D eigenvalue weighted by atomic mass is 9.91. The number of H-pyrrole nitrogens is 1. The van der Waals surface area contributed by atoms with Crippen molar-refractivity contribution in [2.24, 2.45) is 13.0 Å². The molecule has 1 saturated heterocycles. The van der Waals surface area contributed by atoms with Crippen LogP contribution in [0.15, 0.2) is 4.79 Å². The summed E-state index contributed by atoms with van der Waals surface area (Å²) < 4.78 is 7.13. The summed E-state index contributed by atoms with van der Waals surface area (Å²) in [5, 5.41) is 4.63. The zero-order valence-electron chi connectivity index (χ0n) is 19.5. The summed E-state index contributed by atoms with van der Waals surface area (Å²) in [5.41, 5.74) is 1.80. The molecule has 1 aliphatic heterocycles. The van der Waals surface area contributed by atoms with E-state index in [9.17, 15) is 4.79 Å². The summed E-state index contributed by atoms with van der Waals surface area (Å²) in [7, 11) is 1.81. The zero-order valence-corrected chi connectivity index (χ0v) is 19.5. The van der Waals surface area contributed by atoms with Crippen molar-refractivity contribution < 1.29 is 4.74 Å². The minimum Gasteiger partial charge on any atom is -0.379 e. The molecular formula is C22H38N6O2. The molecule has 2 aromatic rings. The summed E-state index contributed by atoms with van der Waals surface area (Å²) in [5.74, 6) is 1.18. The molecule has 1 aliphatic rings. The van der Waals surface area contributed by atoms with E-state index in [1.165, 1.54) is 0 Å². The SMILES string of the molecule is CCCC(C)CN(CCN1CCOCC1)c1nc2c(C(C)(C)C)nn(C)c2c(=O)[nH]1. The molecule has 0 saturated carbocycles. The molecule has 30 heavy (non-hydrogen) atoms. The number of nitrogens with zero attached hydrogens (tertiary/aromatic N) is 5. The summed E-state index contributed by atoms with van der Waals surface area (Å²) >= 11 is 0. The Morgan fingerprint density at radius 1 is 1.27 bits per heavy atom. The Kier molecular flexibility index (Phi) is 7.18. The predicted octanol–water partition coefficient (Wildman–Crippen LogP) is 2.53. The maximum atomic E-state index is 13.0. The number of rotatable bonds is 8. The van der Waals surface area contributed by atoms with E-state index in [4.69, 9.17) is 9.72 Å². The standard InChI is InChI=1S/C22H38N6O2/c1-7-8-16(2)15-28(10-9-27-11-13-30-14-12-27)21-23-17-18(20(29)24-21)26(6)25-19(17)22(3,4)5/h16H,7-15H2,1-6H3,(H,23,24,29). The van der Waals surface area contributed by atoms with Crippen molar-refractivity contribution in [2.75, 3.05) is 50.8 Å². The number of ether oxygens (including phenoxy) is 1. The topological polar surface area (TPSA) is 79.3 Å². The molecule has 8 heteroatoms. The quantitative estimate of drug-likeness (QED) is 0.710. The number of anilines is 1. The third-order valence-electron chi connectivity index (χ3n) is 5.79. The third kappa shape index (κ3) is 5.21. The third-order valence-corrected chi connectivity index (χ3v) is 5.79. The number of aromatic amines is 1. The van der Waals surface area contributed by atoms with Gasteiger partial charge in [0.1, 0.15) is 5.52 Å². The van der Waals surface area contributed by atoms with Gasteiger partial charge in [0, 0.05) is 45.2 Å². The molecule has 2 aromatic heterocycles. The van der Waals surface area contributed by atoms with Gasteiger partial charge in [0.05, 0.1) is 18.9 Å². The second kappa shape index (κ2) is 9.47. The van der Waals surface area contributed by atoms with Gasteiger partial charge in [0.15, 0.2) is 5.52 Å². The summed E-state index contributed by atoms with van der Waals surface area (Å²) in [4.78, 5) is 25.6. The second-order valence-electron chi connectivity index (χ2n) is 9.60. The van der Waals surface area contributed by atoms with Gasteiger partial charge in [-0.25, -0.2) is 4.98 Å². The molecule has 168 valence electrons. The van der Waals surface area contributed by atoms with Crippen LogP contribution in [0, 0.1) is 5.92 Å². The van der Waals surface area contributed by atoms with Crippen LogP contribution in [-0.4, -0.2) is 70.6 Å². The Morgan fingerprint density at radius 2 is 1.97 bits per heavy atom. The smallest absolute Gasteiger partial charge is 0.278 e. The minimum atomic E-state index is -0.189. The first kappa shape index (κ1) is 22.7. The molecule has 0 amide bonds. The Morgan fingerprint density at radius 3 is 2.60 bits per heavy atom. The van der Waals surface area contributed by atoms with Gasteiger partial charge < -0.3 is 9.64 Å². The molecule has 1 N–H and O–H groups in total. The first-order valence-electron chi connectivity index (χ1n) is 11.2. The van der Waals surface area contributed by atoms with Crippen LogP contribution in [0.2, 0.25) is 0 Å². The molecular weight excluding hydrogens is 380 g/mol. The highest BCUT2D eigenvalue weighted by Crippen LogP contribution is 2.27. The number of hydrogen-bond donors (Lipinski definition) is 1. The number of aryl methyl sites for hydroxylation is 1. The van der Waals surface area contributed by atoms with Crippen LogP contribution in [0.5, 0.6) is 0 Å². The van der Waals surface area contributed by atoms with Gasteiger partial charge in [0.25, 0.3) is 5.56 Å². The largest absolute Gasteiger partial charge is 0.379 e. The van der Waals surface area contributed by atoms with Gasteiger partial charge in [-0.3, -0.25) is 19.4 Å². The maximum absolute atomic E-state index is 13.0. The molecule has 0 bridgehead atoms. The van der Waals surface area contributed by atoms with Gasteiger partial charge in [0.2, 0.25) is 5.95 Å². The summed E-state index contributed by atoms with van der Waals surface area (Å²) in [6.45, 7) is 16.9. The predicted molar refractivity (Wildman–Crippen MR) is 121 cm³/mol. The van der Waals surface area contributed by atoms with E-state index in [-0.39, 0.29) is 11.0 Å². The van der Waals surface area contributed by atoms with Gasteiger partial charge in [-0.2, -0.15) is 5.10 Å². The first-order chi connectivity index (χ1) is 14.2. The highest BCUT2D eigenvalue weighted by atomic mass is 16.5. The lowest BCUT2D eigenvalue weighted by Gasteiger charge is -2.31. The highest BCUT2D eigenvalue weighted by Gasteiger charge is 2.26. The van der Waals surface area contributed by atoms with Crippen molar-refractivity contribution in [2.45, 2.75) is 52.9 Å². The fourth-order valence-electron chi connectivity index (χ4n) is 4.15. The fraction of sp³-hybridized carbons (Fsp3) is 0.773. The Labute approximate surface area is 179 Å². The highest BCUT2D eigenvalue weighted by molar-refractivity contribution is 5.78. The molecule has 1 fully saturated rings. The van der Waals surface area contributed by atoms with Crippen LogP contribution in [0.1, 0.15) is 53.2 Å². The molecule has 0 spiro atoms. The van der Waals surface area contributed by atoms with Gasteiger partial charge in [-0.05, 0) is 12.3 Å². The van der Waals surface area contributed by atoms with E-state index in [1.807, 2.05) is 7.05 Å². The van der Waals surface area contributed by atoms with Crippen molar-refractivity contribution in [3.05, 3.63) is 16.0 Å². The average Bonchev–Trinajstić information content (AvgIpc) is 3.03. The molecule has 3 rings (SSSR count). The van der Waals surface area contributed by atoms with E-state index >= 15 is 0 Å².